The SMILES string of the molecule is CCCCCCCCCCCC[Si](C)(C)CSc1ccc(O)cc1. The van der Waals surface area contributed by atoms with Gasteiger partial charge in [-0.1, -0.05) is 90.3 Å². The molecule has 0 heterocycles. The van der Waals surface area contributed by atoms with E-state index in [4.69, 9.17) is 0 Å². The third-order valence-corrected chi connectivity index (χ3v) is 10.7. The van der Waals surface area contributed by atoms with Gasteiger partial charge in [-0.05, 0) is 29.6 Å². The highest BCUT2D eigenvalue weighted by atomic mass is 32.2. The average Bonchev–Trinajstić information content (AvgIpc) is 2.56. The van der Waals surface area contributed by atoms with E-state index in [1.807, 2.05) is 23.9 Å². The molecule has 0 atom stereocenters. The smallest absolute Gasteiger partial charge is 0.115 e. The van der Waals surface area contributed by atoms with Gasteiger partial charge in [0, 0.05) is 4.90 Å². The second kappa shape index (κ2) is 12.9. The molecular formula is C21H38OSSi. The number of phenols is 1. The van der Waals surface area contributed by atoms with Crippen LogP contribution in [0.4, 0.5) is 0 Å². The number of thioether (sulfide) groups is 1. The fraction of sp³-hybridized carbons (Fsp3) is 0.714. The van der Waals surface area contributed by atoms with Gasteiger partial charge < -0.3 is 5.11 Å². The summed E-state index contributed by atoms with van der Waals surface area (Å²) in [7, 11) is -1.09. The summed E-state index contributed by atoms with van der Waals surface area (Å²) in [5.74, 6) is 0.362. The molecule has 1 aromatic rings. The molecule has 0 amide bonds. The molecule has 0 saturated carbocycles. The van der Waals surface area contributed by atoms with Gasteiger partial charge in [-0.25, -0.2) is 0 Å². The topological polar surface area (TPSA) is 20.2 Å². The summed E-state index contributed by atoms with van der Waals surface area (Å²) >= 11 is 1.97. The number of phenolic OH excluding ortho intramolecular Hbond substituents is 1. The average molecular weight is 367 g/mol. The zero-order valence-corrected chi connectivity index (χ0v) is 18.0. The van der Waals surface area contributed by atoms with Gasteiger partial charge in [-0.3, -0.25) is 0 Å². The summed E-state index contributed by atoms with van der Waals surface area (Å²) in [6.45, 7) is 7.33. The Kier molecular flexibility index (Phi) is 11.6. The molecule has 1 aromatic carbocycles. The molecule has 24 heavy (non-hydrogen) atoms. The maximum Gasteiger partial charge on any atom is 0.115 e. The van der Waals surface area contributed by atoms with Crippen LogP contribution in [0.25, 0.3) is 0 Å². The Labute approximate surface area is 155 Å². The summed E-state index contributed by atoms with van der Waals surface area (Å²) in [6.07, 6.45) is 14.3. The quantitative estimate of drug-likeness (QED) is 0.207. The molecule has 0 saturated heterocycles. The molecule has 3 heteroatoms. The molecule has 0 aliphatic rings. The van der Waals surface area contributed by atoms with E-state index in [-0.39, 0.29) is 0 Å². The molecule has 0 radical (unpaired) electrons. The van der Waals surface area contributed by atoms with Crippen molar-refractivity contribution in [3.63, 3.8) is 0 Å². The Hall–Kier alpha value is -0.413. The maximum absolute atomic E-state index is 9.34. The Morgan fingerprint density at radius 1 is 0.792 bits per heavy atom. The van der Waals surface area contributed by atoms with Gasteiger partial charge in [-0.2, -0.15) is 0 Å². The van der Waals surface area contributed by atoms with E-state index in [0.29, 0.717) is 5.75 Å². The van der Waals surface area contributed by atoms with Gasteiger partial charge in [0.1, 0.15) is 5.75 Å². The van der Waals surface area contributed by atoms with E-state index in [0.717, 1.165) is 0 Å². The molecule has 0 aliphatic heterocycles. The standard InChI is InChI=1S/C21H38OSSi/c1-4-5-6-7-8-9-10-11-12-13-18-24(2,3)19-23-21-16-14-20(22)15-17-21/h14-17,22H,4-13,18-19H2,1-3H3. The second-order valence-corrected chi connectivity index (χ2v) is 14.6. The van der Waals surface area contributed by atoms with E-state index in [9.17, 15) is 5.11 Å². The Morgan fingerprint density at radius 3 is 1.83 bits per heavy atom. The van der Waals surface area contributed by atoms with Gasteiger partial charge >= 0.3 is 0 Å². The molecule has 0 bridgehead atoms. The van der Waals surface area contributed by atoms with Gasteiger partial charge in [0.05, 0.1) is 8.07 Å². The van der Waals surface area contributed by atoms with Crippen LogP contribution < -0.4 is 0 Å². The molecular weight excluding hydrogens is 328 g/mol. The molecule has 0 spiro atoms. The Morgan fingerprint density at radius 2 is 1.29 bits per heavy atom. The summed E-state index contributed by atoms with van der Waals surface area (Å²) in [5, 5.41) is 10.6. The van der Waals surface area contributed by atoms with Gasteiger partial charge in [0.2, 0.25) is 0 Å². The lowest BCUT2D eigenvalue weighted by Gasteiger charge is -2.21. The lowest BCUT2D eigenvalue weighted by molar-refractivity contribution is 0.475. The van der Waals surface area contributed by atoms with E-state index < -0.39 is 8.07 Å². The number of benzene rings is 1. The molecule has 1 rings (SSSR count). The van der Waals surface area contributed by atoms with Crippen LogP contribution in [0.2, 0.25) is 19.1 Å². The minimum absolute atomic E-state index is 0.362. The summed E-state index contributed by atoms with van der Waals surface area (Å²) < 4.78 is 0. The largest absolute Gasteiger partial charge is 0.508 e. The lowest BCUT2D eigenvalue weighted by Crippen LogP contribution is -2.29. The van der Waals surface area contributed by atoms with Gasteiger partial charge in [-0.15, -0.1) is 11.8 Å². The number of unbranched alkanes of at least 4 members (excludes halogenated alkanes) is 9. The predicted octanol–water partition coefficient (Wildman–Crippen LogP) is 7.65. The zero-order valence-electron chi connectivity index (χ0n) is 16.2. The van der Waals surface area contributed by atoms with E-state index in [2.05, 4.69) is 20.0 Å². The number of hydrogen-bond acceptors (Lipinski definition) is 2. The van der Waals surface area contributed by atoms with E-state index in [1.165, 1.54) is 80.5 Å². The first kappa shape index (κ1) is 21.6. The van der Waals surface area contributed by atoms with Crippen LogP contribution in [0.3, 0.4) is 0 Å². The fourth-order valence-corrected chi connectivity index (χ4v) is 7.33. The Bertz CT molecular complexity index is 416. The molecule has 0 unspecified atom stereocenters. The van der Waals surface area contributed by atoms with Crippen molar-refractivity contribution in [2.75, 3.05) is 5.38 Å². The van der Waals surface area contributed by atoms with Crippen molar-refractivity contribution in [3.8, 4) is 5.75 Å². The van der Waals surface area contributed by atoms with Crippen LogP contribution in [0.15, 0.2) is 29.2 Å². The van der Waals surface area contributed by atoms with Crippen molar-refractivity contribution in [2.24, 2.45) is 0 Å². The molecule has 0 fully saturated rings. The molecule has 1 nitrogen and oxygen atoms in total. The van der Waals surface area contributed by atoms with Crippen molar-refractivity contribution in [1.29, 1.82) is 0 Å². The minimum Gasteiger partial charge on any atom is -0.508 e. The van der Waals surface area contributed by atoms with Crippen LogP contribution in [-0.4, -0.2) is 18.6 Å². The normalized spacial score (nSPS) is 11.8. The third-order valence-electron chi connectivity index (χ3n) is 4.67. The van der Waals surface area contributed by atoms with Crippen LogP contribution in [-0.2, 0) is 0 Å². The number of hydrogen-bond donors (Lipinski definition) is 1. The summed E-state index contributed by atoms with van der Waals surface area (Å²) in [5.41, 5.74) is 0. The minimum atomic E-state index is -1.09. The van der Waals surface area contributed by atoms with E-state index in [1.54, 1.807) is 12.1 Å². The van der Waals surface area contributed by atoms with Crippen molar-refractivity contribution >= 4 is 19.8 Å². The summed E-state index contributed by atoms with van der Waals surface area (Å²) in [6, 6.07) is 9.10. The second-order valence-electron chi connectivity index (χ2n) is 7.88. The monoisotopic (exact) mass is 366 g/mol. The first-order valence-corrected chi connectivity index (χ1v) is 14.4. The Balaban J connectivity index is 2.01. The molecule has 1 N–H and O–H groups in total. The maximum atomic E-state index is 9.34. The van der Waals surface area contributed by atoms with Crippen molar-refractivity contribution in [1.82, 2.24) is 0 Å². The predicted molar refractivity (Wildman–Crippen MR) is 113 cm³/mol. The molecule has 138 valence electrons. The highest BCUT2D eigenvalue weighted by Crippen LogP contribution is 2.27. The van der Waals surface area contributed by atoms with Crippen molar-refractivity contribution < 1.29 is 5.11 Å². The van der Waals surface area contributed by atoms with Crippen LogP contribution in [0.5, 0.6) is 5.75 Å². The van der Waals surface area contributed by atoms with Crippen LogP contribution >= 0.6 is 11.8 Å². The van der Waals surface area contributed by atoms with Crippen LogP contribution in [0, 0.1) is 0 Å². The fourth-order valence-electron chi connectivity index (χ4n) is 2.98. The number of rotatable bonds is 14. The van der Waals surface area contributed by atoms with Gasteiger partial charge in [0.25, 0.3) is 0 Å². The molecule has 0 aliphatic carbocycles. The first-order chi connectivity index (χ1) is 11.5. The van der Waals surface area contributed by atoms with E-state index >= 15 is 0 Å². The molecule has 0 aromatic heterocycles. The first-order valence-electron chi connectivity index (χ1n) is 9.95. The van der Waals surface area contributed by atoms with Crippen molar-refractivity contribution in [3.05, 3.63) is 24.3 Å². The highest BCUT2D eigenvalue weighted by molar-refractivity contribution is 8.01. The highest BCUT2D eigenvalue weighted by Gasteiger charge is 2.20. The lowest BCUT2D eigenvalue weighted by atomic mass is 10.1. The van der Waals surface area contributed by atoms with Gasteiger partial charge in [0.15, 0.2) is 0 Å². The number of aromatic hydroxyl groups is 1. The summed E-state index contributed by atoms with van der Waals surface area (Å²) in [4.78, 5) is 1.29. The van der Waals surface area contributed by atoms with Crippen LogP contribution in [0.1, 0.15) is 71.1 Å². The third kappa shape index (κ3) is 11.2. The van der Waals surface area contributed by atoms with Crippen molar-refractivity contribution in [2.45, 2.75) is 95.2 Å². The zero-order chi connectivity index (χ0) is 17.7.